The summed E-state index contributed by atoms with van der Waals surface area (Å²) in [5.74, 6) is 2.45. The minimum atomic E-state index is 0.700. The first kappa shape index (κ1) is 19.2. The maximum absolute atomic E-state index is 5.94. The Labute approximate surface area is 151 Å². The van der Waals surface area contributed by atoms with Gasteiger partial charge in [-0.05, 0) is 58.6 Å². The summed E-state index contributed by atoms with van der Waals surface area (Å²) in [6.45, 7) is 6.52. The molecule has 0 aliphatic heterocycles. The smallest absolute Gasteiger partial charge is 0.164 e. The highest BCUT2D eigenvalue weighted by Crippen LogP contribution is 2.34. The molecule has 1 heterocycles. The van der Waals surface area contributed by atoms with Gasteiger partial charge in [0.2, 0.25) is 0 Å². The van der Waals surface area contributed by atoms with E-state index >= 15 is 0 Å². The molecule has 0 saturated carbocycles. The molecular formula is C22H30O3. The van der Waals surface area contributed by atoms with Crippen LogP contribution >= 0.6 is 0 Å². The lowest BCUT2D eigenvalue weighted by Gasteiger charge is -2.06. The summed E-state index contributed by atoms with van der Waals surface area (Å²) in [6, 6.07) is 5.96. The van der Waals surface area contributed by atoms with Crippen molar-refractivity contribution in [1.82, 2.24) is 0 Å². The summed E-state index contributed by atoms with van der Waals surface area (Å²) in [4.78, 5) is 0. The van der Waals surface area contributed by atoms with Crippen molar-refractivity contribution in [2.75, 3.05) is 14.2 Å². The highest BCUT2D eigenvalue weighted by molar-refractivity contribution is 5.82. The number of allylic oxidation sites excluding steroid dienone is 4. The second-order valence-electron chi connectivity index (χ2n) is 6.72. The van der Waals surface area contributed by atoms with Crippen molar-refractivity contribution in [2.45, 2.75) is 52.9 Å². The van der Waals surface area contributed by atoms with Crippen molar-refractivity contribution in [1.29, 1.82) is 0 Å². The zero-order valence-electron chi connectivity index (χ0n) is 16.1. The summed E-state index contributed by atoms with van der Waals surface area (Å²) >= 11 is 0. The van der Waals surface area contributed by atoms with Crippen LogP contribution in [0.3, 0.4) is 0 Å². The number of hydrogen-bond acceptors (Lipinski definition) is 3. The van der Waals surface area contributed by atoms with E-state index in [-0.39, 0.29) is 0 Å². The molecule has 1 aromatic carbocycles. The van der Waals surface area contributed by atoms with Crippen LogP contribution in [0.25, 0.3) is 11.0 Å². The molecule has 0 fully saturated rings. The molecule has 0 aliphatic rings. The van der Waals surface area contributed by atoms with Gasteiger partial charge in [-0.25, -0.2) is 0 Å². The van der Waals surface area contributed by atoms with Crippen LogP contribution < -0.4 is 9.47 Å². The molecule has 0 spiro atoms. The lowest BCUT2D eigenvalue weighted by Crippen LogP contribution is -1.89. The van der Waals surface area contributed by atoms with Crippen molar-refractivity contribution < 1.29 is 13.9 Å². The zero-order chi connectivity index (χ0) is 18.2. The standard InChI is InChI=1S/C22H30O3/c1-16(2)9-8-11-17(3)10-6-7-12-19-13-18-14-21(23-4)22(24-5)15-20(18)25-19/h9-10,13-15H,6-8,11-12H2,1-5H3/b17-10+. The quantitative estimate of drug-likeness (QED) is 0.387. The number of unbranched alkanes of at least 4 members (excludes halogenated alkanes) is 1. The van der Waals surface area contributed by atoms with Crippen LogP contribution in [-0.2, 0) is 6.42 Å². The number of furan rings is 1. The summed E-state index contributed by atoms with van der Waals surface area (Å²) in [5, 5.41) is 1.06. The van der Waals surface area contributed by atoms with Gasteiger partial charge in [-0.2, -0.15) is 0 Å². The first-order valence-corrected chi connectivity index (χ1v) is 8.97. The van der Waals surface area contributed by atoms with E-state index < -0.39 is 0 Å². The maximum Gasteiger partial charge on any atom is 0.164 e. The van der Waals surface area contributed by atoms with E-state index in [2.05, 4.69) is 39.0 Å². The maximum atomic E-state index is 5.94. The lowest BCUT2D eigenvalue weighted by molar-refractivity contribution is 0.355. The van der Waals surface area contributed by atoms with Crippen LogP contribution in [0.15, 0.2) is 45.9 Å². The van der Waals surface area contributed by atoms with Crippen LogP contribution in [0.1, 0.15) is 52.2 Å². The fourth-order valence-electron chi connectivity index (χ4n) is 2.86. The minimum Gasteiger partial charge on any atom is -0.493 e. The van der Waals surface area contributed by atoms with E-state index in [0.717, 1.165) is 54.6 Å². The topological polar surface area (TPSA) is 31.6 Å². The highest BCUT2D eigenvalue weighted by Gasteiger charge is 2.10. The molecule has 1 aromatic heterocycles. The first-order valence-electron chi connectivity index (χ1n) is 8.97. The molecule has 3 nitrogen and oxygen atoms in total. The first-order chi connectivity index (χ1) is 12.0. The van der Waals surface area contributed by atoms with Crippen molar-refractivity contribution >= 4 is 11.0 Å². The number of hydrogen-bond donors (Lipinski definition) is 0. The molecule has 0 bridgehead atoms. The van der Waals surface area contributed by atoms with E-state index in [1.54, 1.807) is 14.2 Å². The Morgan fingerprint density at radius 2 is 1.68 bits per heavy atom. The fraction of sp³-hybridized carbons (Fsp3) is 0.455. The van der Waals surface area contributed by atoms with Gasteiger partial charge in [-0.15, -0.1) is 0 Å². The van der Waals surface area contributed by atoms with E-state index in [9.17, 15) is 0 Å². The molecule has 0 N–H and O–H groups in total. The van der Waals surface area contributed by atoms with Gasteiger partial charge >= 0.3 is 0 Å². The van der Waals surface area contributed by atoms with Gasteiger partial charge in [0.05, 0.1) is 14.2 Å². The Morgan fingerprint density at radius 1 is 0.960 bits per heavy atom. The third-order valence-corrected chi connectivity index (χ3v) is 4.28. The predicted octanol–water partition coefficient (Wildman–Crippen LogP) is 6.47. The average molecular weight is 342 g/mol. The van der Waals surface area contributed by atoms with Crippen molar-refractivity contribution in [3.8, 4) is 11.5 Å². The average Bonchev–Trinajstić information content (AvgIpc) is 2.98. The van der Waals surface area contributed by atoms with Crippen LogP contribution in [0.5, 0.6) is 11.5 Å². The van der Waals surface area contributed by atoms with E-state index in [1.807, 2.05) is 12.1 Å². The van der Waals surface area contributed by atoms with Crippen molar-refractivity contribution in [3.63, 3.8) is 0 Å². The molecule has 0 radical (unpaired) electrons. The molecule has 2 rings (SSSR count). The Kier molecular flexibility index (Phi) is 7.17. The van der Waals surface area contributed by atoms with Gasteiger partial charge in [0, 0.05) is 17.9 Å². The number of fused-ring (bicyclic) bond motifs is 1. The number of ether oxygens (including phenoxy) is 2. The number of rotatable bonds is 9. The number of benzene rings is 1. The SMILES string of the molecule is COc1cc2cc(CCC/C=C(\C)CCC=C(C)C)oc2cc1OC. The third kappa shape index (κ3) is 5.70. The molecule has 25 heavy (non-hydrogen) atoms. The molecule has 0 atom stereocenters. The fourth-order valence-corrected chi connectivity index (χ4v) is 2.86. The summed E-state index contributed by atoms with van der Waals surface area (Å²) < 4.78 is 16.6. The monoisotopic (exact) mass is 342 g/mol. The second kappa shape index (κ2) is 9.36. The van der Waals surface area contributed by atoms with E-state index in [0.29, 0.717) is 5.75 Å². The van der Waals surface area contributed by atoms with Crippen LogP contribution in [0, 0.1) is 0 Å². The predicted molar refractivity (Wildman–Crippen MR) is 105 cm³/mol. The largest absolute Gasteiger partial charge is 0.493 e. The molecule has 0 saturated heterocycles. The third-order valence-electron chi connectivity index (χ3n) is 4.28. The summed E-state index contributed by atoms with van der Waals surface area (Å²) in [6.07, 6.45) is 10.1. The van der Waals surface area contributed by atoms with Gasteiger partial charge in [-0.1, -0.05) is 23.3 Å². The van der Waals surface area contributed by atoms with Crippen LogP contribution in [0.4, 0.5) is 0 Å². The molecular weight excluding hydrogens is 312 g/mol. The highest BCUT2D eigenvalue weighted by atomic mass is 16.5. The van der Waals surface area contributed by atoms with E-state index in [1.165, 1.54) is 11.1 Å². The van der Waals surface area contributed by atoms with Gasteiger partial charge in [0.1, 0.15) is 11.3 Å². The zero-order valence-corrected chi connectivity index (χ0v) is 16.1. The molecule has 0 unspecified atom stereocenters. The lowest BCUT2D eigenvalue weighted by atomic mass is 10.1. The van der Waals surface area contributed by atoms with Crippen LogP contribution in [0.2, 0.25) is 0 Å². The molecule has 136 valence electrons. The van der Waals surface area contributed by atoms with Crippen molar-refractivity contribution in [3.05, 3.63) is 47.3 Å². The van der Waals surface area contributed by atoms with Gasteiger partial charge in [-0.3, -0.25) is 0 Å². The Morgan fingerprint density at radius 3 is 2.36 bits per heavy atom. The summed E-state index contributed by atoms with van der Waals surface area (Å²) in [7, 11) is 3.29. The van der Waals surface area contributed by atoms with E-state index in [4.69, 9.17) is 13.9 Å². The Balaban J connectivity index is 1.89. The molecule has 0 amide bonds. The normalized spacial score (nSPS) is 11.6. The van der Waals surface area contributed by atoms with Gasteiger partial charge in [0.25, 0.3) is 0 Å². The Hall–Kier alpha value is -2.16. The minimum absolute atomic E-state index is 0.700. The van der Waals surface area contributed by atoms with Crippen LogP contribution in [-0.4, -0.2) is 14.2 Å². The van der Waals surface area contributed by atoms with Gasteiger partial charge < -0.3 is 13.9 Å². The van der Waals surface area contributed by atoms with Gasteiger partial charge in [0.15, 0.2) is 11.5 Å². The molecule has 3 heteroatoms. The molecule has 0 aliphatic carbocycles. The summed E-state index contributed by atoms with van der Waals surface area (Å²) in [5.41, 5.74) is 3.71. The second-order valence-corrected chi connectivity index (χ2v) is 6.72. The Bertz CT molecular complexity index is 705. The molecule has 2 aromatic rings. The number of aryl methyl sites for hydroxylation is 1. The van der Waals surface area contributed by atoms with Crippen molar-refractivity contribution in [2.24, 2.45) is 0 Å². The number of methoxy groups -OCH3 is 2.